The summed E-state index contributed by atoms with van der Waals surface area (Å²) >= 11 is 0. The normalized spacial score (nSPS) is 27.8. The van der Waals surface area contributed by atoms with E-state index in [2.05, 4.69) is 18.9 Å². The van der Waals surface area contributed by atoms with E-state index in [0.717, 1.165) is 12.5 Å². The van der Waals surface area contributed by atoms with Crippen molar-refractivity contribution < 1.29 is 0 Å². The first-order chi connectivity index (χ1) is 7.25. The van der Waals surface area contributed by atoms with Crippen LogP contribution in [0.25, 0.3) is 0 Å². The van der Waals surface area contributed by atoms with Gasteiger partial charge in [-0.1, -0.05) is 47.0 Å². The fraction of sp³-hybridized carbons (Fsp3) is 1.00. The lowest BCUT2D eigenvalue weighted by Crippen LogP contribution is -2.43. The molecule has 15 heavy (non-hydrogen) atoms. The van der Waals surface area contributed by atoms with Crippen molar-refractivity contribution in [1.29, 1.82) is 0 Å². The van der Waals surface area contributed by atoms with Crippen molar-refractivity contribution in [1.82, 2.24) is 5.01 Å². The highest BCUT2D eigenvalue weighted by molar-refractivity contribution is 4.76. The van der Waals surface area contributed by atoms with E-state index in [4.69, 9.17) is 5.84 Å². The molecule has 2 heteroatoms. The Labute approximate surface area is 96.2 Å². The minimum absolute atomic E-state index is 0.641. The zero-order valence-electron chi connectivity index (χ0n) is 11.1. The molecule has 2 unspecified atom stereocenters. The molecule has 2 atom stereocenters. The molecule has 1 aliphatic heterocycles. The molecule has 0 aromatic rings. The summed E-state index contributed by atoms with van der Waals surface area (Å²) in [6.07, 6.45) is 7.90. The molecule has 92 valence electrons. The van der Waals surface area contributed by atoms with Crippen molar-refractivity contribution >= 4 is 0 Å². The van der Waals surface area contributed by atoms with Crippen LogP contribution in [-0.2, 0) is 0 Å². The van der Waals surface area contributed by atoms with E-state index >= 15 is 0 Å². The van der Waals surface area contributed by atoms with Gasteiger partial charge in [0.15, 0.2) is 0 Å². The second-order valence-corrected chi connectivity index (χ2v) is 4.42. The van der Waals surface area contributed by atoms with Gasteiger partial charge in [-0.05, 0) is 25.2 Å². The Morgan fingerprint density at radius 1 is 1.27 bits per heavy atom. The van der Waals surface area contributed by atoms with Crippen LogP contribution in [0.3, 0.4) is 0 Å². The van der Waals surface area contributed by atoms with Crippen molar-refractivity contribution in [2.24, 2.45) is 11.8 Å². The van der Waals surface area contributed by atoms with Crippen LogP contribution in [0.1, 0.15) is 66.2 Å². The van der Waals surface area contributed by atoms with Crippen LogP contribution in [-0.4, -0.2) is 17.6 Å². The number of rotatable bonds is 3. The maximum Gasteiger partial charge on any atom is 0.0266 e. The maximum absolute atomic E-state index is 6.04. The number of nitrogens with two attached hydrogens (primary N) is 1. The topological polar surface area (TPSA) is 29.3 Å². The molecule has 0 bridgehead atoms. The van der Waals surface area contributed by atoms with E-state index in [9.17, 15) is 0 Å². The van der Waals surface area contributed by atoms with Gasteiger partial charge in [-0.2, -0.15) is 0 Å². The monoisotopic (exact) mass is 214 g/mol. The van der Waals surface area contributed by atoms with E-state index in [0.29, 0.717) is 6.04 Å². The average Bonchev–Trinajstić information content (AvgIpc) is 2.42. The molecule has 2 nitrogen and oxygen atoms in total. The van der Waals surface area contributed by atoms with Crippen molar-refractivity contribution in [2.45, 2.75) is 72.3 Å². The lowest BCUT2D eigenvalue weighted by atomic mass is 9.93. The first-order valence-electron chi connectivity index (χ1n) is 6.77. The fourth-order valence-electron chi connectivity index (χ4n) is 2.31. The fourth-order valence-corrected chi connectivity index (χ4v) is 2.31. The number of hydrazine groups is 1. The third kappa shape index (κ3) is 5.53. The lowest BCUT2D eigenvalue weighted by Gasteiger charge is -2.29. The van der Waals surface area contributed by atoms with Gasteiger partial charge in [0.25, 0.3) is 0 Å². The van der Waals surface area contributed by atoms with Crippen LogP contribution in [0.4, 0.5) is 0 Å². The van der Waals surface area contributed by atoms with E-state index in [1.165, 1.54) is 38.5 Å². The number of unbranched alkanes of at least 4 members (excludes halogenated alkanes) is 1. The standard InChI is InChI=1S/C11H24N2.C2H6/c1-3-4-8-11-10(2)7-5-6-9-13(11)12;1-2/h10-11H,3-9,12H2,1-2H3;1-2H3. The first-order valence-corrected chi connectivity index (χ1v) is 6.77. The smallest absolute Gasteiger partial charge is 0.0266 e. The van der Waals surface area contributed by atoms with Gasteiger partial charge >= 0.3 is 0 Å². The number of hydrogen-bond donors (Lipinski definition) is 1. The largest absolute Gasteiger partial charge is 0.269 e. The molecule has 1 fully saturated rings. The van der Waals surface area contributed by atoms with Gasteiger partial charge in [0.2, 0.25) is 0 Å². The molecule has 0 amide bonds. The molecular formula is C13H30N2. The second kappa shape index (κ2) is 9.17. The van der Waals surface area contributed by atoms with Crippen molar-refractivity contribution in [3.05, 3.63) is 0 Å². The van der Waals surface area contributed by atoms with Crippen LogP contribution < -0.4 is 5.84 Å². The minimum atomic E-state index is 0.641. The average molecular weight is 214 g/mol. The molecule has 0 aromatic carbocycles. The summed E-state index contributed by atoms with van der Waals surface area (Å²) in [5.41, 5.74) is 0. The highest BCUT2D eigenvalue weighted by Crippen LogP contribution is 2.23. The Morgan fingerprint density at radius 3 is 2.53 bits per heavy atom. The number of nitrogens with zero attached hydrogens (tertiary/aromatic N) is 1. The highest BCUT2D eigenvalue weighted by Gasteiger charge is 2.23. The Balaban J connectivity index is 0.000000921. The second-order valence-electron chi connectivity index (χ2n) is 4.42. The summed E-state index contributed by atoms with van der Waals surface area (Å²) in [5.74, 6) is 6.83. The molecule has 1 heterocycles. The van der Waals surface area contributed by atoms with Gasteiger partial charge in [0.05, 0.1) is 0 Å². The van der Waals surface area contributed by atoms with E-state index < -0.39 is 0 Å². The van der Waals surface area contributed by atoms with Gasteiger partial charge in [0, 0.05) is 12.6 Å². The summed E-state index contributed by atoms with van der Waals surface area (Å²) in [6.45, 7) is 9.70. The highest BCUT2D eigenvalue weighted by atomic mass is 15.4. The van der Waals surface area contributed by atoms with Gasteiger partial charge in [-0.3, -0.25) is 5.84 Å². The molecule has 0 spiro atoms. The van der Waals surface area contributed by atoms with Crippen LogP contribution in [0.2, 0.25) is 0 Å². The number of hydrogen-bond acceptors (Lipinski definition) is 2. The predicted octanol–water partition coefficient (Wildman–Crippen LogP) is 3.57. The summed E-state index contributed by atoms with van der Waals surface area (Å²) in [6, 6.07) is 0.641. The van der Waals surface area contributed by atoms with E-state index in [1.807, 2.05) is 13.8 Å². The van der Waals surface area contributed by atoms with Crippen LogP contribution >= 0.6 is 0 Å². The van der Waals surface area contributed by atoms with Crippen LogP contribution in [0.5, 0.6) is 0 Å². The van der Waals surface area contributed by atoms with Crippen molar-refractivity contribution in [3.63, 3.8) is 0 Å². The molecule has 1 saturated heterocycles. The SMILES string of the molecule is CC.CCCCC1C(C)CCCCN1N. The molecule has 1 rings (SSSR count). The third-order valence-electron chi connectivity index (χ3n) is 3.26. The minimum Gasteiger partial charge on any atom is -0.269 e. The molecule has 2 N–H and O–H groups in total. The van der Waals surface area contributed by atoms with E-state index in [1.54, 1.807) is 0 Å². The summed E-state index contributed by atoms with van der Waals surface area (Å²) < 4.78 is 0. The quantitative estimate of drug-likeness (QED) is 0.728. The summed E-state index contributed by atoms with van der Waals surface area (Å²) in [7, 11) is 0. The van der Waals surface area contributed by atoms with Gasteiger partial charge in [0.1, 0.15) is 0 Å². The zero-order valence-corrected chi connectivity index (χ0v) is 11.1. The molecule has 0 aliphatic carbocycles. The Morgan fingerprint density at radius 2 is 1.93 bits per heavy atom. The molecule has 0 saturated carbocycles. The zero-order chi connectivity index (χ0) is 11.7. The van der Waals surface area contributed by atoms with Gasteiger partial charge < -0.3 is 0 Å². The Kier molecular flexibility index (Phi) is 9.12. The van der Waals surface area contributed by atoms with Gasteiger partial charge in [-0.15, -0.1) is 0 Å². The summed E-state index contributed by atoms with van der Waals surface area (Å²) in [5, 5.41) is 2.09. The Bertz CT molecular complexity index is 124. The van der Waals surface area contributed by atoms with Crippen LogP contribution in [0.15, 0.2) is 0 Å². The molecule has 0 aromatic heterocycles. The maximum atomic E-state index is 6.04. The van der Waals surface area contributed by atoms with E-state index in [-0.39, 0.29) is 0 Å². The van der Waals surface area contributed by atoms with Crippen molar-refractivity contribution in [3.8, 4) is 0 Å². The lowest BCUT2D eigenvalue weighted by molar-refractivity contribution is 0.153. The van der Waals surface area contributed by atoms with Crippen molar-refractivity contribution in [2.75, 3.05) is 6.54 Å². The summed E-state index contributed by atoms with van der Waals surface area (Å²) in [4.78, 5) is 0. The Hall–Kier alpha value is -0.0800. The van der Waals surface area contributed by atoms with Gasteiger partial charge in [-0.25, -0.2) is 5.01 Å². The first kappa shape index (κ1) is 14.9. The molecule has 1 aliphatic rings. The van der Waals surface area contributed by atoms with Crippen LogP contribution in [0, 0.1) is 5.92 Å². The predicted molar refractivity (Wildman–Crippen MR) is 68.6 cm³/mol. The molecular weight excluding hydrogens is 184 g/mol. The third-order valence-corrected chi connectivity index (χ3v) is 3.26. The molecule has 0 radical (unpaired) electrons.